The molecule has 0 aromatic rings. The van der Waals surface area contributed by atoms with Gasteiger partial charge in [-0.1, -0.05) is 85.0 Å². The van der Waals surface area contributed by atoms with E-state index in [1.165, 1.54) is 12.8 Å². The zero-order chi connectivity index (χ0) is 17.7. The van der Waals surface area contributed by atoms with Crippen molar-refractivity contribution >= 4 is 63.3 Å². The predicted octanol–water partition coefficient (Wildman–Crippen LogP) is 4.85. The Balaban J connectivity index is 0. The third-order valence-electron chi connectivity index (χ3n) is 5.03. The number of carboxylic acids is 2. The molecule has 138 valence electrons. The molecule has 0 fully saturated rings. The van der Waals surface area contributed by atoms with E-state index in [4.69, 9.17) is 0 Å². The van der Waals surface area contributed by atoms with Crippen LogP contribution < -0.4 is 0 Å². The number of unbranched alkanes of at least 4 members (excludes halogenated alkanes) is 7. The maximum absolute atomic E-state index is 11.9. The van der Waals surface area contributed by atoms with Crippen molar-refractivity contribution in [3.05, 3.63) is 0 Å². The molecule has 0 aliphatic heterocycles. The number of carbonyl (C=O) groups is 2. The summed E-state index contributed by atoms with van der Waals surface area (Å²) in [6.07, 6.45) is 10.7. The van der Waals surface area contributed by atoms with Gasteiger partial charge in [0, 0.05) is 0 Å². The molecule has 0 aliphatic rings. The predicted molar refractivity (Wildman–Crippen MR) is 101 cm³/mol. The number of aliphatic carboxylic acids is 2. The van der Waals surface area contributed by atoms with Crippen molar-refractivity contribution in [3.8, 4) is 0 Å². The Hall–Kier alpha value is 0.576. The van der Waals surface area contributed by atoms with Crippen molar-refractivity contribution in [2.45, 2.75) is 97.8 Å². The molecule has 0 aromatic heterocycles. The van der Waals surface area contributed by atoms with Gasteiger partial charge in [0.05, 0.1) is 0 Å². The van der Waals surface area contributed by atoms with Gasteiger partial charge in [0.15, 0.2) is 5.41 Å². The molecule has 0 aromatic carbocycles. The van der Waals surface area contributed by atoms with E-state index in [2.05, 4.69) is 13.8 Å². The average molecular weight is 369 g/mol. The van der Waals surface area contributed by atoms with Crippen molar-refractivity contribution in [3.63, 3.8) is 0 Å². The molecule has 1 atom stereocenters. The summed E-state index contributed by atoms with van der Waals surface area (Å²) in [4.78, 5) is 23.8. The third kappa shape index (κ3) is 8.79. The van der Waals surface area contributed by atoms with E-state index in [-0.39, 0.29) is 63.7 Å². The van der Waals surface area contributed by atoms with Crippen LogP contribution in [0.5, 0.6) is 0 Å². The van der Waals surface area contributed by atoms with Gasteiger partial charge in [-0.15, -0.1) is 0 Å². The molecule has 0 bridgehead atoms. The normalized spacial score (nSPS) is 12.5. The number of hydrogen-bond donors (Lipinski definition) is 2. The monoisotopic (exact) mass is 368 g/mol. The Morgan fingerprint density at radius 1 is 0.792 bits per heavy atom. The van der Waals surface area contributed by atoms with Gasteiger partial charge < -0.3 is 10.2 Å². The molecule has 2 N–H and O–H groups in total. The van der Waals surface area contributed by atoms with E-state index < -0.39 is 17.4 Å². The molecule has 0 spiro atoms. The Labute approximate surface area is 190 Å². The zero-order valence-electron chi connectivity index (χ0n) is 15.3. The van der Waals surface area contributed by atoms with Crippen LogP contribution in [-0.4, -0.2) is 73.5 Å². The van der Waals surface area contributed by atoms with Crippen LogP contribution in [0.1, 0.15) is 97.8 Å². The van der Waals surface area contributed by atoms with Gasteiger partial charge in [0.1, 0.15) is 0 Å². The summed E-state index contributed by atoms with van der Waals surface area (Å²) in [7, 11) is 0. The molecule has 0 radical (unpaired) electrons. The van der Waals surface area contributed by atoms with Crippen LogP contribution in [0.2, 0.25) is 0 Å². The van der Waals surface area contributed by atoms with Gasteiger partial charge in [-0.2, -0.15) is 0 Å². The molecular formula is C19H37KO4. The van der Waals surface area contributed by atoms with E-state index in [9.17, 15) is 19.8 Å². The Bertz CT molecular complexity index is 330. The molecule has 0 saturated carbocycles. The molecule has 1 unspecified atom stereocenters. The molecule has 4 nitrogen and oxygen atoms in total. The SMILES string of the molecule is CCCCCCCCC(C(=O)O)(C(=O)O)C(CC)CCCCC.[KH]. The molecule has 0 rings (SSSR count). The van der Waals surface area contributed by atoms with Crippen LogP contribution in [0.4, 0.5) is 0 Å². The summed E-state index contributed by atoms with van der Waals surface area (Å²) < 4.78 is 0. The van der Waals surface area contributed by atoms with E-state index >= 15 is 0 Å². The summed E-state index contributed by atoms with van der Waals surface area (Å²) in [5.41, 5.74) is -1.60. The standard InChI is InChI=1S/C19H36O4.K.H/c1-4-7-9-10-11-13-15-19(17(20)21,18(22)23)16(6-3)14-12-8-5-2;;/h16H,4-15H2,1-3H3,(H,20,21)(H,22,23);;. The minimum atomic E-state index is -1.60. The summed E-state index contributed by atoms with van der Waals surface area (Å²) in [5, 5.41) is 19.4. The summed E-state index contributed by atoms with van der Waals surface area (Å²) in [6.45, 7) is 6.17. The van der Waals surface area contributed by atoms with Crippen LogP contribution in [0, 0.1) is 11.3 Å². The summed E-state index contributed by atoms with van der Waals surface area (Å²) in [6, 6.07) is 0. The fourth-order valence-corrected chi connectivity index (χ4v) is 3.48. The van der Waals surface area contributed by atoms with Gasteiger partial charge in [0.2, 0.25) is 0 Å². The zero-order valence-corrected chi connectivity index (χ0v) is 15.3. The molecule has 5 heteroatoms. The second kappa shape index (κ2) is 15.8. The van der Waals surface area contributed by atoms with Crippen LogP contribution >= 0.6 is 0 Å². The quantitative estimate of drug-likeness (QED) is 0.246. The first-order valence-corrected chi connectivity index (χ1v) is 9.44. The first-order valence-electron chi connectivity index (χ1n) is 9.44. The first kappa shape index (κ1) is 26.8. The Morgan fingerprint density at radius 2 is 1.25 bits per heavy atom. The molecule has 0 saturated heterocycles. The topological polar surface area (TPSA) is 74.6 Å². The number of carboxylic acid groups (broad SMARTS) is 2. The van der Waals surface area contributed by atoms with Crippen LogP contribution in [0.3, 0.4) is 0 Å². The average Bonchev–Trinajstić information content (AvgIpc) is 2.51. The van der Waals surface area contributed by atoms with Crippen LogP contribution in [0.15, 0.2) is 0 Å². The van der Waals surface area contributed by atoms with Crippen LogP contribution in [0.25, 0.3) is 0 Å². The van der Waals surface area contributed by atoms with Crippen molar-refractivity contribution in [1.82, 2.24) is 0 Å². The van der Waals surface area contributed by atoms with E-state index in [1.54, 1.807) is 0 Å². The number of rotatable bonds is 15. The molecule has 0 heterocycles. The first-order chi connectivity index (χ1) is 11.0. The summed E-state index contributed by atoms with van der Waals surface area (Å²) in [5.74, 6) is -2.58. The van der Waals surface area contributed by atoms with Gasteiger partial charge in [0.25, 0.3) is 0 Å². The number of hydrogen-bond acceptors (Lipinski definition) is 2. The molecule has 0 aliphatic carbocycles. The van der Waals surface area contributed by atoms with Gasteiger partial charge >= 0.3 is 63.3 Å². The second-order valence-electron chi connectivity index (χ2n) is 6.70. The molecule has 24 heavy (non-hydrogen) atoms. The molecular weight excluding hydrogens is 331 g/mol. The van der Waals surface area contributed by atoms with Crippen molar-refractivity contribution in [2.24, 2.45) is 11.3 Å². The summed E-state index contributed by atoms with van der Waals surface area (Å²) >= 11 is 0. The van der Waals surface area contributed by atoms with Gasteiger partial charge in [-0.25, -0.2) is 0 Å². The second-order valence-corrected chi connectivity index (χ2v) is 6.70. The Morgan fingerprint density at radius 3 is 1.71 bits per heavy atom. The molecule has 0 amide bonds. The van der Waals surface area contributed by atoms with E-state index in [0.717, 1.165) is 38.5 Å². The minimum absolute atomic E-state index is 0. The van der Waals surface area contributed by atoms with Gasteiger partial charge in [-0.3, -0.25) is 9.59 Å². The van der Waals surface area contributed by atoms with Crippen molar-refractivity contribution in [1.29, 1.82) is 0 Å². The third-order valence-corrected chi connectivity index (χ3v) is 5.03. The van der Waals surface area contributed by atoms with Crippen molar-refractivity contribution in [2.75, 3.05) is 0 Å². The fourth-order valence-electron chi connectivity index (χ4n) is 3.48. The van der Waals surface area contributed by atoms with Crippen molar-refractivity contribution < 1.29 is 19.8 Å². The van der Waals surface area contributed by atoms with Gasteiger partial charge in [-0.05, 0) is 18.8 Å². The van der Waals surface area contributed by atoms with E-state index in [1.807, 2.05) is 6.92 Å². The Kier molecular flexibility index (Phi) is 17.6. The van der Waals surface area contributed by atoms with E-state index in [0.29, 0.717) is 19.3 Å². The maximum atomic E-state index is 11.9. The fraction of sp³-hybridized carbons (Fsp3) is 0.895. The van der Waals surface area contributed by atoms with Crippen LogP contribution in [-0.2, 0) is 9.59 Å².